The number of phenols is 1. The number of carbonyl (C=O) groups excluding carboxylic acids is 1. The van der Waals surface area contributed by atoms with Crippen molar-refractivity contribution in [2.75, 3.05) is 38.4 Å². The van der Waals surface area contributed by atoms with Crippen LogP contribution in [0.3, 0.4) is 0 Å². The van der Waals surface area contributed by atoms with Gasteiger partial charge in [0.15, 0.2) is 11.5 Å². The zero-order chi connectivity index (χ0) is 22.3. The van der Waals surface area contributed by atoms with E-state index in [9.17, 15) is 18.3 Å². The number of nitrogens with one attached hydrogen (secondary N) is 1. The van der Waals surface area contributed by atoms with E-state index in [1.807, 2.05) is 0 Å². The number of hydrogen-bond donors (Lipinski definition) is 2. The van der Waals surface area contributed by atoms with Crippen LogP contribution in [-0.2, 0) is 14.8 Å². The summed E-state index contributed by atoms with van der Waals surface area (Å²) in [4.78, 5) is 12.3. The van der Waals surface area contributed by atoms with Gasteiger partial charge in [-0.15, -0.1) is 0 Å². The molecule has 0 saturated heterocycles. The molecule has 11 heteroatoms. The summed E-state index contributed by atoms with van der Waals surface area (Å²) in [7, 11) is 0.394. The van der Waals surface area contributed by atoms with E-state index in [0.29, 0.717) is 11.3 Å². The van der Waals surface area contributed by atoms with Gasteiger partial charge in [0.1, 0.15) is 18.0 Å². The number of sulfonamides is 1. The van der Waals surface area contributed by atoms with E-state index < -0.39 is 22.5 Å². The molecule has 0 heterocycles. The summed E-state index contributed by atoms with van der Waals surface area (Å²) >= 11 is 0. The molecule has 0 aliphatic carbocycles. The van der Waals surface area contributed by atoms with Crippen LogP contribution in [-0.4, -0.2) is 59.8 Å². The standard InChI is InChI=1S/C19H23N3O7S/c1-27-14-8-9-16(28-2)15(10-14)22(30(4,25)26)12-18(23)21-20-11-13-6-5-7-17(29-3)19(13)24/h5-11,24H,12H2,1-4H3,(H,21,23)/b20-11-. The Morgan fingerprint density at radius 2 is 1.83 bits per heavy atom. The molecule has 30 heavy (non-hydrogen) atoms. The number of rotatable bonds is 9. The minimum absolute atomic E-state index is 0.142. The highest BCUT2D eigenvalue weighted by Gasteiger charge is 2.24. The Hall–Kier alpha value is -3.47. The topological polar surface area (TPSA) is 127 Å². The molecule has 0 saturated carbocycles. The fourth-order valence-corrected chi connectivity index (χ4v) is 3.37. The summed E-state index contributed by atoms with van der Waals surface area (Å²) in [5.74, 6) is 0.0460. The second-order valence-corrected chi connectivity index (χ2v) is 7.91. The highest BCUT2D eigenvalue weighted by Crippen LogP contribution is 2.33. The highest BCUT2D eigenvalue weighted by atomic mass is 32.2. The van der Waals surface area contributed by atoms with Gasteiger partial charge in [-0.2, -0.15) is 5.10 Å². The summed E-state index contributed by atoms with van der Waals surface area (Å²) in [6, 6.07) is 9.36. The van der Waals surface area contributed by atoms with E-state index >= 15 is 0 Å². The maximum atomic E-state index is 12.3. The molecular formula is C19H23N3O7S. The van der Waals surface area contributed by atoms with Gasteiger partial charge in [0, 0.05) is 11.6 Å². The summed E-state index contributed by atoms with van der Waals surface area (Å²) in [6.45, 7) is -0.552. The van der Waals surface area contributed by atoms with Gasteiger partial charge in [-0.25, -0.2) is 13.8 Å². The Balaban J connectivity index is 2.22. The van der Waals surface area contributed by atoms with Gasteiger partial charge in [-0.1, -0.05) is 6.07 Å². The van der Waals surface area contributed by atoms with Gasteiger partial charge < -0.3 is 19.3 Å². The van der Waals surface area contributed by atoms with Crippen molar-refractivity contribution in [2.45, 2.75) is 0 Å². The normalized spacial score (nSPS) is 11.2. The molecule has 0 aromatic heterocycles. The molecule has 0 bridgehead atoms. The zero-order valence-corrected chi connectivity index (χ0v) is 17.8. The molecule has 0 spiro atoms. The third kappa shape index (κ3) is 5.54. The molecule has 0 fully saturated rings. The first-order chi connectivity index (χ1) is 14.2. The molecule has 1 amide bonds. The average molecular weight is 437 g/mol. The van der Waals surface area contributed by atoms with Crippen LogP contribution in [0.2, 0.25) is 0 Å². The minimum atomic E-state index is -3.83. The lowest BCUT2D eigenvalue weighted by Gasteiger charge is -2.23. The average Bonchev–Trinajstić information content (AvgIpc) is 2.72. The van der Waals surface area contributed by atoms with E-state index in [1.165, 1.54) is 39.7 Å². The summed E-state index contributed by atoms with van der Waals surface area (Å²) in [5.41, 5.74) is 2.69. The fraction of sp³-hybridized carbons (Fsp3) is 0.263. The zero-order valence-electron chi connectivity index (χ0n) is 16.9. The van der Waals surface area contributed by atoms with Gasteiger partial charge >= 0.3 is 0 Å². The monoisotopic (exact) mass is 437 g/mol. The second kappa shape index (κ2) is 9.83. The van der Waals surface area contributed by atoms with Crippen LogP contribution in [0, 0.1) is 0 Å². The smallest absolute Gasteiger partial charge is 0.260 e. The van der Waals surface area contributed by atoms with Crippen molar-refractivity contribution in [3.8, 4) is 23.0 Å². The Labute approximate surface area is 174 Å². The summed E-state index contributed by atoms with van der Waals surface area (Å²) in [6.07, 6.45) is 2.18. The molecular weight excluding hydrogens is 414 g/mol. The number of phenolic OH excluding ortho intramolecular Hbond substituents is 1. The number of ether oxygens (including phenoxy) is 3. The van der Waals surface area contributed by atoms with Crippen molar-refractivity contribution < 1.29 is 32.5 Å². The number of anilines is 1. The highest BCUT2D eigenvalue weighted by molar-refractivity contribution is 7.92. The van der Waals surface area contributed by atoms with Gasteiger partial charge in [-0.05, 0) is 24.3 Å². The van der Waals surface area contributed by atoms with Crippen molar-refractivity contribution in [1.29, 1.82) is 0 Å². The number of hydrogen-bond acceptors (Lipinski definition) is 8. The van der Waals surface area contributed by atoms with E-state index in [4.69, 9.17) is 14.2 Å². The number of aromatic hydroxyl groups is 1. The summed E-state index contributed by atoms with van der Waals surface area (Å²) in [5, 5.41) is 13.8. The number of hydrazone groups is 1. The SMILES string of the molecule is COc1ccc(OC)c(N(CC(=O)N/N=C\c2cccc(OC)c2O)S(C)(=O)=O)c1. The van der Waals surface area contributed by atoms with Crippen LogP contribution < -0.4 is 23.9 Å². The molecule has 0 unspecified atom stereocenters. The fourth-order valence-electron chi connectivity index (χ4n) is 2.52. The van der Waals surface area contributed by atoms with Crippen molar-refractivity contribution in [1.82, 2.24) is 5.43 Å². The number of methoxy groups -OCH3 is 3. The molecule has 10 nitrogen and oxygen atoms in total. The molecule has 0 aliphatic rings. The predicted octanol–water partition coefficient (Wildman–Crippen LogP) is 1.33. The molecule has 2 N–H and O–H groups in total. The van der Waals surface area contributed by atoms with Crippen LogP contribution in [0.4, 0.5) is 5.69 Å². The van der Waals surface area contributed by atoms with Crippen LogP contribution >= 0.6 is 0 Å². The van der Waals surface area contributed by atoms with Crippen LogP contribution in [0.25, 0.3) is 0 Å². The molecule has 0 aliphatic heterocycles. The first kappa shape index (κ1) is 22.8. The molecule has 2 aromatic carbocycles. The summed E-state index contributed by atoms with van der Waals surface area (Å²) < 4.78 is 40.8. The third-order valence-electron chi connectivity index (χ3n) is 3.99. The van der Waals surface area contributed by atoms with Crippen LogP contribution in [0.1, 0.15) is 5.56 Å². The number of amides is 1. The largest absolute Gasteiger partial charge is 0.504 e. The minimum Gasteiger partial charge on any atom is -0.504 e. The number of carbonyl (C=O) groups is 1. The Morgan fingerprint density at radius 1 is 1.13 bits per heavy atom. The van der Waals surface area contributed by atoms with E-state index in [-0.39, 0.29) is 22.9 Å². The maximum Gasteiger partial charge on any atom is 0.260 e. The third-order valence-corrected chi connectivity index (χ3v) is 5.11. The van der Waals surface area contributed by atoms with E-state index in [1.54, 1.807) is 24.3 Å². The first-order valence-corrected chi connectivity index (χ1v) is 10.4. The van der Waals surface area contributed by atoms with Gasteiger partial charge in [-0.3, -0.25) is 9.10 Å². The number of benzene rings is 2. The lowest BCUT2D eigenvalue weighted by atomic mass is 10.2. The van der Waals surface area contributed by atoms with Gasteiger partial charge in [0.25, 0.3) is 5.91 Å². The Morgan fingerprint density at radius 3 is 2.43 bits per heavy atom. The van der Waals surface area contributed by atoms with E-state index in [0.717, 1.165) is 10.6 Å². The Bertz CT molecular complexity index is 1040. The molecule has 0 atom stereocenters. The van der Waals surface area contributed by atoms with Crippen molar-refractivity contribution >= 4 is 27.8 Å². The van der Waals surface area contributed by atoms with Crippen molar-refractivity contribution in [3.63, 3.8) is 0 Å². The Kier molecular flexibility index (Phi) is 7.48. The van der Waals surface area contributed by atoms with Gasteiger partial charge in [0.05, 0.1) is 39.5 Å². The second-order valence-electron chi connectivity index (χ2n) is 6.00. The molecule has 0 radical (unpaired) electrons. The van der Waals surface area contributed by atoms with E-state index in [2.05, 4.69) is 10.5 Å². The quantitative estimate of drug-likeness (QED) is 0.448. The maximum absolute atomic E-state index is 12.3. The molecule has 2 rings (SSSR count). The van der Waals surface area contributed by atoms with Crippen LogP contribution in [0.5, 0.6) is 23.0 Å². The number of para-hydroxylation sites is 1. The van der Waals surface area contributed by atoms with Gasteiger partial charge in [0.2, 0.25) is 10.0 Å². The van der Waals surface area contributed by atoms with Crippen molar-refractivity contribution in [3.05, 3.63) is 42.0 Å². The van der Waals surface area contributed by atoms with Crippen LogP contribution in [0.15, 0.2) is 41.5 Å². The van der Waals surface area contributed by atoms with Crippen molar-refractivity contribution in [2.24, 2.45) is 5.10 Å². The lowest BCUT2D eigenvalue weighted by molar-refractivity contribution is -0.119. The predicted molar refractivity (Wildman–Crippen MR) is 112 cm³/mol. The lowest BCUT2D eigenvalue weighted by Crippen LogP contribution is -2.39. The first-order valence-electron chi connectivity index (χ1n) is 8.58. The molecule has 2 aromatic rings. The molecule has 162 valence electrons. The number of nitrogens with zero attached hydrogens (tertiary/aromatic N) is 2.